The third-order valence-electron chi connectivity index (χ3n) is 1.31. The Kier molecular flexibility index (Phi) is 4.27. The molecule has 4 N–H and O–H groups in total. The van der Waals surface area contributed by atoms with E-state index < -0.39 is 0 Å². The van der Waals surface area contributed by atoms with Crippen molar-refractivity contribution >= 4 is 18.2 Å². The fourth-order valence-corrected chi connectivity index (χ4v) is 0.761. The zero-order valence-corrected chi connectivity index (χ0v) is 7.45. The fourth-order valence-electron chi connectivity index (χ4n) is 0.761. The Morgan fingerprint density at radius 2 is 2.31 bits per heavy atom. The molecule has 6 heteroatoms. The van der Waals surface area contributed by atoms with Gasteiger partial charge in [0.1, 0.15) is 11.8 Å². The molecule has 1 aromatic heterocycles. The summed E-state index contributed by atoms with van der Waals surface area (Å²) in [6.07, 6.45) is 1.52. The molecular formula is C7H8ClN5. The van der Waals surface area contributed by atoms with Crippen LogP contribution < -0.4 is 11.6 Å². The summed E-state index contributed by atoms with van der Waals surface area (Å²) in [6, 6.07) is 5.17. The Morgan fingerprint density at radius 1 is 1.62 bits per heavy atom. The van der Waals surface area contributed by atoms with Crippen LogP contribution in [0.2, 0.25) is 0 Å². The number of amidine groups is 1. The van der Waals surface area contributed by atoms with E-state index in [4.69, 9.17) is 16.8 Å². The summed E-state index contributed by atoms with van der Waals surface area (Å²) < 4.78 is 0. The molecule has 13 heavy (non-hydrogen) atoms. The van der Waals surface area contributed by atoms with Gasteiger partial charge in [-0.15, -0.1) is 12.4 Å². The van der Waals surface area contributed by atoms with E-state index in [2.05, 4.69) is 10.1 Å². The maximum absolute atomic E-state index is 8.62. The van der Waals surface area contributed by atoms with Crippen LogP contribution >= 0.6 is 12.4 Å². The fraction of sp³-hybridized carbons (Fsp3) is 0. The smallest absolute Gasteiger partial charge is 0.170 e. The van der Waals surface area contributed by atoms with Gasteiger partial charge in [0, 0.05) is 6.20 Å². The third kappa shape index (κ3) is 2.32. The average molecular weight is 198 g/mol. The first-order valence-electron chi connectivity index (χ1n) is 3.18. The van der Waals surface area contributed by atoms with Crippen LogP contribution in [0.3, 0.4) is 0 Å². The maximum atomic E-state index is 8.62. The highest BCUT2D eigenvalue weighted by molar-refractivity contribution is 5.97. The van der Waals surface area contributed by atoms with E-state index in [0.29, 0.717) is 11.3 Å². The Balaban J connectivity index is 0.00000144. The lowest BCUT2D eigenvalue weighted by Gasteiger charge is -1.98. The van der Waals surface area contributed by atoms with E-state index in [1.165, 1.54) is 6.20 Å². The van der Waals surface area contributed by atoms with Crippen molar-refractivity contribution in [2.75, 3.05) is 0 Å². The molecule has 0 aliphatic carbocycles. The van der Waals surface area contributed by atoms with Gasteiger partial charge in [-0.3, -0.25) is 4.98 Å². The summed E-state index contributed by atoms with van der Waals surface area (Å²) in [7, 11) is 0. The van der Waals surface area contributed by atoms with Gasteiger partial charge in [0.25, 0.3) is 0 Å². The van der Waals surface area contributed by atoms with Gasteiger partial charge >= 0.3 is 0 Å². The summed E-state index contributed by atoms with van der Waals surface area (Å²) >= 11 is 0. The Morgan fingerprint density at radius 3 is 2.85 bits per heavy atom. The Hall–Kier alpha value is -1.80. The molecule has 0 aromatic carbocycles. The predicted molar refractivity (Wildman–Crippen MR) is 51.1 cm³/mol. The maximum Gasteiger partial charge on any atom is 0.170 e. The van der Waals surface area contributed by atoms with Gasteiger partial charge in [-0.25, -0.2) is 0 Å². The van der Waals surface area contributed by atoms with Gasteiger partial charge < -0.3 is 11.6 Å². The molecule has 0 aliphatic rings. The standard InChI is InChI=1S/C7H7N5.ClH/c8-4-5-2-1-3-11-6(5)7(9)12-10;/h1-3H,10H2,(H2,9,12);1H. The Bertz CT molecular complexity index is 354. The molecule has 0 saturated carbocycles. The topological polar surface area (TPSA) is 101 Å². The van der Waals surface area contributed by atoms with Crippen molar-refractivity contribution in [3.63, 3.8) is 0 Å². The first-order valence-corrected chi connectivity index (χ1v) is 3.18. The van der Waals surface area contributed by atoms with E-state index in [1.807, 2.05) is 6.07 Å². The number of halogens is 1. The van der Waals surface area contributed by atoms with E-state index in [-0.39, 0.29) is 18.2 Å². The van der Waals surface area contributed by atoms with Crippen molar-refractivity contribution < 1.29 is 0 Å². The number of aromatic nitrogens is 1. The number of hydrogen-bond donors (Lipinski definition) is 2. The molecule has 0 saturated heterocycles. The third-order valence-corrected chi connectivity index (χ3v) is 1.31. The highest BCUT2D eigenvalue weighted by Crippen LogP contribution is 2.01. The lowest BCUT2D eigenvalue weighted by Crippen LogP contribution is -2.18. The minimum absolute atomic E-state index is 0. The SMILES string of the molecule is Cl.N#Cc1cccnc1C(N)=NN. The number of nitrogens with zero attached hydrogens (tertiary/aromatic N) is 3. The molecule has 1 aromatic rings. The van der Waals surface area contributed by atoms with Crippen LogP contribution in [0, 0.1) is 11.3 Å². The van der Waals surface area contributed by atoms with Crippen molar-refractivity contribution in [1.82, 2.24) is 4.98 Å². The van der Waals surface area contributed by atoms with E-state index in [9.17, 15) is 0 Å². The molecule has 0 bridgehead atoms. The van der Waals surface area contributed by atoms with Crippen molar-refractivity contribution in [3.05, 3.63) is 29.6 Å². The van der Waals surface area contributed by atoms with Gasteiger partial charge in [-0.1, -0.05) is 0 Å². The van der Waals surface area contributed by atoms with Gasteiger partial charge in [0.15, 0.2) is 5.84 Å². The lowest BCUT2D eigenvalue weighted by atomic mass is 10.2. The van der Waals surface area contributed by atoms with Crippen molar-refractivity contribution in [2.24, 2.45) is 16.7 Å². The first kappa shape index (κ1) is 11.2. The molecule has 0 atom stereocenters. The first-order chi connectivity index (χ1) is 5.79. The zero-order chi connectivity index (χ0) is 8.97. The summed E-state index contributed by atoms with van der Waals surface area (Å²) in [5, 5.41) is 11.9. The van der Waals surface area contributed by atoms with Gasteiger partial charge in [0.05, 0.1) is 5.56 Å². The molecule has 0 radical (unpaired) electrons. The number of pyridine rings is 1. The Labute approximate surface area is 81.5 Å². The zero-order valence-electron chi connectivity index (χ0n) is 6.64. The van der Waals surface area contributed by atoms with E-state index in [1.54, 1.807) is 12.1 Å². The minimum Gasteiger partial charge on any atom is -0.380 e. The van der Waals surface area contributed by atoms with Gasteiger partial charge in [0.2, 0.25) is 0 Å². The molecule has 0 aliphatic heterocycles. The monoisotopic (exact) mass is 197 g/mol. The number of hydrazone groups is 1. The van der Waals surface area contributed by atoms with Crippen LogP contribution in [0.4, 0.5) is 0 Å². The highest BCUT2D eigenvalue weighted by Gasteiger charge is 2.05. The van der Waals surface area contributed by atoms with Crippen LogP contribution in [0.15, 0.2) is 23.4 Å². The normalized spacial score (nSPS) is 9.92. The van der Waals surface area contributed by atoms with Crippen molar-refractivity contribution in [2.45, 2.75) is 0 Å². The van der Waals surface area contributed by atoms with Crippen molar-refractivity contribution in [1.29, 1.82) is 5.26 Å². The number of nitrogens with two attached hydrogens (primary N) is 2. The number of nitriles is 1. The second kappa shape index (κ2) is 4.95. The second-order valence-electron chi connectivity index (χ2n) is 2.03. The molecule has 0 amide bonds. The van der Waals surface area contributed by atoms with Crippen LogP contribution in [0.5, 0.6) is 0 Å². The summed E-state index contributed by atoms with van der Waals surface area (Å²) in [5.74, 6) is 5.00. The van der Waals surface area contributed by atoms with Gasteiger partial charge in [-0.2, -0.15) is 10.4 Å². The molecule has 0 fully saturated rings. The van der Waals surface area contributed by atoms with Crippen molar-refractivity contribution in [3.8, 4) is 6.07 Å². The predicted octanol–water partition coefficient (Wildman–Crippen LogP) is -0.0459. The molecule has 0 spiro atoms. The molecule has 5 nitrogen and oxygen atoms in total. The van der Waals surface area contributed by atoms with Gasteiger partial charge in [-0.05, 0) is 12.1 Å². The average Bonchev–Trinajstić information content (AvgIpc) is 2.16. The quantitative estimate of drug-likeness (QED) is 0.285. The number of hydrogen-bond acceptors (Lipinski definition) is 4. The molecular weight excluding hydrogens is 190 g/mol. The largest absolute Gasteiger partial charge is 0.380 e. The summed E-state index contributed by atoms with van der Waals surface area (Å²) in [5.41, 5.74) is 6.07. The summed E-state index contributed by atoms with van der Waals surface area (Å²) in [4.78, 5) is 3.86. The highest BCUT2D eigenvalue weighted by atomic mass is 35.5. The molecule has 1 rings (SSSR count). The molecule has 1 heterocycles. The lowest BCUT2D eigenvalue weighted by molar-refractivity contribution is 1.18. The molecule has 68 valence electrons. The summed E-state index contributed by atoms with van der Waals surface area (Å²) in [6.45, 7) is 0. The van der Waals surface area contributed by atoms with E-state index >= 15 is 0 Å². The molecule has 0 unspecified atom stereocenters. The number of rotatable bonds is 1. The second-order valence-corrected chi connectivity index (χ2v) is 2.03. The van der Waals surface area contributed by atoms with Crippen LogP contribution in [0.1, 0.15) is 11.3 Å². The van der Waals surface area contributed by atoms with Crippen LogP contribution in [-0.2, 0) is 0 Å². The van der Waals surface area contributed by atoms with Crippen LogP contribution in [0.25, 0.3) is 0 Å². The minimum atomic E-state index is 0. The van der Waals surface area contributed by atoms with Crippen LogP contribution in [-0.4, -0.2) is 10.8 Å². The van der Waals surface area contributed by atoms with E-state index in [0.717, 1.165) is 0 Å².